The number of nitrogens with one attached hydrogen (secondary N) is 1. The number of benzene rings is 2. The lowest BCUT2D eigenvalue weighted by Gasteiger charge is -2.31. The van der Waals surface area contributed by atoms with Crippen molar-refractivity contribution in [2.45, 2.75) is 30.7 Å². The van der Waals surface area contributed by atoms with E-state index >= 15 is 0 Å². The Balaban J connectivity index is 1.68. The number of carbonyl (C=O) groups is 1. The molecule has 4 rings (SSSR count). The third-order valence-electron chi connectivity index (χ3n) is 5.85. The van der Waals surface area contributed by atoms with E-state index in [1.165, 1.54) is 26.6 Å². The van der Waals surface area contributed by atoms with Gasteiger partial charge in [0.25, 0.3) is 5.91 Å². The normalized spacial score (nSPS) is 14.8. The molecule has 1 fully saturated rings. The van der Waals surface area contributed by atoms with Gasteiger partial charge in [0.15, 0.2) is 0 Å². The Morgan fingerprint density at radius 2 is 1.78 bits per heavy atom. The minimum Gasteiger partial charge on any atom is -0.371 e. The molecule has 9 heteroatoms. The number of hydrogen-bond donors (Lipinski definition) is 1. The fourth-order valence-corrected chi connectivity index (χ4v) is 4.98. The molecule has 1 aliphatic heterocycles. The number of piperidine rings is 1. The fraction of sp³-hybridized carbons (Fsp3) is 0.391. The number of carbonyl (C=O) groups excluding carboxylic acids is 1. The largest absolute Gasteiger partial charge is 0.371 e. The van der Waals surface area contributed by atoms with Gasteiger partial charge in [-0.2, -0.15) is 0 Å². The molecule has 0 bridgehead atoms. The molecule has 32 heavy (non-hydrogen) atoms. The van der Waals surface area contributed by atoms with Crippen molar-refractivity contribution < 1.29 is 13.2 Å². The summed E-state index contributed by atoms with van der Waals surface area (Å²) in [5, 5.41) is 0. The monoisotopic (exact) mass is 455 g/mol. The van der Waals surface area contributed by atoms with Crippen molar-refractivity contribution in [1.82, 2.24) is 19.2 Å². The number of fused-ring (bicyclic) bond motifs is 1. The summed E-state index contributed by atoms with van der Waals surface area (Å²) in [7, 11) is 1.03. The average molecular weight is 456 g/mol. The summed E-state index contributed by atoms with van der Waals surface area (Å²) in [6, 6.07) is 12.6. The van der Waals surface area contributed by atoms with Crippen LogP contribution in [0.15, 0.2) is 47.4 Å². The van der Waals surface area contributed by atoms with E-state index in [9.17, 15) is 13.2 Å². The van der Waals surface area contributed by atoms with Gasteiger partial charge in [-0.05, 0) is 49.6 Å². The average Bonchev–Trinajstić information content (AvgIpc) is 3.20. The van der Waals surface area contributed by atoms with Crippen LogP contribution in [0.25, 0.3) is 11.0 Å². The third kappa shape index (κ3) is 4.35. The third-order valence-corrected chi connectivity index (χ3v) is 7.66. The van der Waals surface area contributed by atoms with Gasteiger partial charge in [-0.1, -0.05) is 12.1 Å². The number of rotatable bonds is 6. The minimum absolute atomic E-state index is 0.115. The van der Waals surface area contributed by atoms with E-state index in [0.29, 0.717) is 11.4 Å². The van der Waals surface area contributed by atoms with Gasteiger partial charge in [-0.15, -0.1) is 0 Å². The highest BCUT2D eigenvalue weighted by Gasteiger charge is 2.26. The lowest BCUT2D eigenvalue weighted by Crippen LogP contribution is -2.34. The molecule has 1 aliphatic rings. The molecule has 0 atom stereocenters. The first-order valence-corrected chi connectivity index (χ1v) is 12.2. The summed E-state index contributed by atoms with van der Waals surface area (Å²) >= 11 is 0. The number of sulfonamides is 1. The number of imidazole rings is 1. The van der Waals surface area contributed by atoms with Gasteiger partial charge in [-0.25, -0.2) is 17.7 Å². The number of H-pyrrole nitrogens is 1. The topological polar surface area (TPSA) is 89.6 Å². The summed E-state index contributed by atoms with van der Waals surface area (Å²) in [5.41, 5.74) is 2.94. The van der Waals surface area contributed by atoms with Crippen LogP contribution in [-0.2, 0) is 16.6 Å². The first-order valence-electron chi connectivity index (χ1n) is 10.8. The minimum atomic E-state index is -3.66. The molecule has 1 N–H and O–H groups in total. The molecule has 0 unspecified atom stereocenters. The van der Waals surface area contributed by atoms with E-state index in [1.807, 2.05) is 24.3 Å². The first kappa shape index (κ1) is 22.3. The van der Waals surface area contributed by atoms with Crippen molar-refractivity contribution >= 4 is 32.7 Å². The van der Waals surface area contributed by atoms with Gasteiger partial charge in [0, 0.05) is 39.9 Å². The maximum atomic E-state index is 13.5. The van der Waals surface area contributed by atoms with E-state index in [0.717, 1.165) is 47.0 Å². The molecule has 0 spiro atoms. The van der Waals surface area contributed by atoms with Gasteiger partial charge < -0.3 is 14.8 Å². The number of para-hydroxylation sites is 2. The predicted molar refractivity (Wildman–Crippen MR) is 125 cm³/mol. The summed E-state index contributed by atoms with van der Waals surface area (Å²) in [6.45, 7) is 2.00. The summed E-state index contributed by atoms with van der Waals surface area (Å²) in [4.78, 5) is 25.2. The molecule has 1 amide bonds. The second-order valence-corrected chi connectivity index (χ2v) is 10.5. The number of anilines is 1. The van der Waals surface area contributed by atoms with Crippen molar-refractivity contribution in [3.63, 3.8) is 0 Å². The van der Waals surface area contributed by atoms with Crippen LogP contribution in [0.1, 0.15) is 35.4 Å². The van der Waals surface area contributed by atoms with Gasteiger partial charge in [0.1, 0.15) is 5.82 Å². The van der Waals surface area contributed by atoms with Crippen LogP contribution in [0.3, 0.4) is 0 Å². The fourth-order valence-electron chi connectivity index (χ4n) is 4.05. The molecular formula is C23H29N5O3S. The van der Waals surface area contributed by atoms with Gasteiger partial charge in [0.2, 0.25) is 10.0 Å². The number of amides is 1. The zero-order chi connectivity index (χ0) is 22.9. The smallest absolute Gasteiger partial charge is 0.256 e. The highest BCUT2D eigenvalue weighted by atomic mass is 32.2. The Morgan fingerprint density at radius 1 is 1.06 bits per heavy atom. The molecule has 3 aromatic rings. The lowest BCUT2D eigenvalue weighted by atomic mass is 10.1. The van der Waals surface area contributed by atoms with E-state index in [-0.39, 0.29) is 17.3 Å². The Morgan fingerprint density at radius 3 is 2.47 bits per heavy atom. The second kappa shape index (κ2) is 8.91. The molecule has 8 nitrogen and oxygen atoms in total. The van der Waals surface area contributed by atoms with Gasteiger partial charge in [0.05, 0.1) is 28.0 Å². The molecule has 2 heterocycles. The highest BCUT2D eigenvalue weighted by molar-refractivity contribution is 7.89. The van der Waals surface area contributed by atoms with Crippen molar-refractivity contribution in [3.05, 3.63) is 53.9 Å². The van der Waals surface area contributed by atoms with Crippen molar-refractivity contribution in [1.29, 1.82) is 0 Å². The highest BCUT2D eigenvalue weighted by Crippen LogP contribution is 2.29. The molecule has 0 saturated carbocycles. The standard InChI is InChI=1S/C23H29N5O3S/c1-26(2)32(30,31)17-11-12-21(28-13-7-4-8-14-28)18(15-17)23(29)27(3)16-22-24-19-9-5-6-10-20(19)25-22/h5-6,9-12,15H,4,7-8,13-14,16H2,1-3H3,(H,24,25). The second-order valence-electron chi connectivity index (χ2n) is 8.38. The molecule has 0 aliphatic carbocycles. The molecular weight excluding hydrogens is 426 g/mol. The quantitative estimate of drug-likeness (QED) is 0.617. The Kier molecular flexibility index (Phi) is 6.21. The summed E-state index contributed by atoms with van der Waals surface area (Å²) in [5.74, 6) is 0.445. The number of nitrogens with zero attached hydrogens (tertiary/aromatic N) is 4. The number of aromatic nitrogens is 2. The Hall–Kier alpha value is -2.91. The van der Waals surface area contributed by atoms with Gasteiger partial charge >= 0.3 is 0 Å². The zero-order valence-electron chi connectivity index (χ0n) is 18.7. The Labute approximate surface area is 188 Å². The predicted octanol–water partition coefficient (Wildman–Crippen LogP) is 3.08. The van der Waals surface area contributed by atoms with Crippen LogP contribution in [-0.4, -0.2) is 67.7 Å². The summed E-state index contributed by atoms with van der Waals surface area (Å²) < 4.78 is 26.6. The molecule has 1 aromatic heterocycles. The molecule has 2 aromatic carbocycles. The Bertz CT molecular complexity index is 1200. The summed E-state index contributed by atoms with van der Waals surface area (Å²) in [6.07, 6.45) is 3.28. The number of hydrogen-bond acceptors (Lipinski definition) is 5. The van der Waals surface area contributed by atoms with E-state index in [4.69, 9.17) is 0 Å². The maximum Gasteiger partial charge on any atom is 0.256 e. The van der Waals surface area contributed by atoms with Crippen LogP contribution >= 0.6 is 0 Å². The lowest BCUT2D eigenvalue weighted by molar-refractivity contribution is 0.0782. The van der Waals surface area contributed by atoms with Crippen LogP contribution in [0, 0.1) is 0 Å². The molecule has 170 valence electrons. The van der Waals surface area contributed by atoms with E-state index in [1.54, 1.807) is 24.1 Å². The number of aromatic amines is 1. The first-order chi connectivity index (χ1) is 15.3. The van der Waals surface area contributed by atoms with Crippen LogP contribution in [0.4, 0.5) is 5.69 Å². The van der Waals surface area contributed by atoms with Crippen LogP contribution in [0.5, 0.6) is 0 Å². The molecule has 1 saturated heterocycles. The van der Waals surface area contributed by atoms with Crippen molar-refractivity contribution in [3.8, 4) is 0 Å². The van der Waals surface area contributed by atoms with Crippen LogP contribution in [0.2, 0.25) is 0 Å². The van der Waals surface area contributed by atoms with Crippen LogP contribution < -0.4 is 4.90 Å². The zero-order valence-corrected chi connectivity index (χ0v) is 19.5. The maximum absolute atomic E-state index is 13.5. The SMILES string of the molecule is CN(Cc1nc2ccccc2[nH]1)C(=O)c1cc(S(=O)(=O)N(C)C)ccc1N1CCCCC1. The van der Waals surface area contributed by atoms with E-state index < -0.39 is 10.0 Å². The van der Waals surface area contributed by atoms with Crippen molar-refractivity contribution in [2.75, 3.05) is 39.1 Å². The molecule has 0 radical (unpaired) electrons. The van der Waals surface area contributed by atoms with Crippen molar-refractivity contribution in [2.24, 2.45) is 0 Å². The van der Waals surface area contributed by atoms with Gasteiger partial charge in [-0.3, -0.25) is 4.79 Å². The van der Waals surface area contributed by atoms with E-state index in [2.05, 4.69) is 14.9 Å².